The maximum absolute atomic E-state index is 10.6. The van der Waals surface area contributed by atoms with E-state index in [0.717, 1.165) is 0 Å². The Hall–Kier alpha value is -1.91. The fourth-order valence-electron chi connectivity index (χ4n) is 1.29. The third-order valence-electron chi connectivity index (χ3n) is 1.95. The van der Waals surface area contributed by atoms with Crippen molar-refractivity contribution in [3.63, 3.8) is 0 Å². The summed E-state index contributed by atoms with van der Waals surface area (Å²) in [6.07, 6.45) is 4.89. The Balaban J connectivity index is 2.31. The first-order valence-electron chi connectivity index (χ1n) is 4.04. The third kappa shape index (κ3) is 1.32. The Bertz CT molecular complexity index is 404. The van der Waals surface area contributed by atoms with Crippen molar-refractivity contribution in [1.82, 2.24) is 0 Å². The standard InChI is InChI=1S/C9H8N2O3/c1-14-8-3-2-5-6(11-8)4-7(10-5)9(12)13/h2-5H,1H3,(H,12,13)/t5-/m0/s1. The van der Waals surface area contributed by atoms with Gasteiger partial charge in [-0.2, -0.15) is 0 Å². The number of carboxylic acid groups (broad SMARTS) is 1. The second-order valence-electron chi connectivity index (χ2n) is 2.85. The lowest BCUT2D eigenvalue weighted by Crippen LogP contribution is -2.10. The summed E-state index contributed by atoms with van der Waals surface area (Å²) in [6, 6.07) is -0.264. The first kappa shape index (κ1) is 8.68. The monoisotopic (exact) mass is 192 g/mol. The van der Waals surface area contributed by atoms with E-state index in [1.54, 1.807) is 12.2 Å². The minimum atomic E-state index is -1.03. The topological polar surface area (TPSA) is 71.2 Å². The molecule has 0 saturated heterocycles. The number of carboxylic acids is 1. The maximum Gasteiger partial charge on any atom is 0.354 e. The van der Waals surface area contributed by atoms with Crippen LogP contribution in [-0.4, -0.2) is 35.8 Å². The molecule has 0 aliphatic carbocycles. The molecule has 5 heteroatoms. The van der Waals surface area contributed by atoms with E-state index in [1.165, 1.54) is 13.2 Å². The van der Waals surface area contributed by atoms with E-state index in [1.807, 2.05) is 0 Å². The molecule has 0 spiro atoms. The van der Waals surface area contributed by atoms with E-state index in [2.05, 4.69) is 9.98 Å². The van der Waals surface area contributed by atoms with Crippen molar-refractivity contribution in [3.8, 4) is 0 Å². The van der Waals surface area contributed by atoms with E-state index < -0.39 is 5.97 Å². The first-order chi connectivity index (χ1) is 6.70. The maximum atomic E-state index is 10.6. The molecule has 0 amide bonds. The molecule has 0 aromatic heterocycles. The van der Waals surface area contributed by atoms with Crippen LogP contribution in [-0.2, 0) is 9.53 Å². The fraction of sp³-hybridized carbons (Fsp3) is 0.222. The number of aliphatic carboxylic acids is 1. The van der Waals surface area contributed by atoms with Crippen molar-refractivity contribution >= 4 is 17.6 Å². The molecule has 0 saturated carbocycles. The highest BCUT2D eigenvalue weighted by Crippen LogP contribution is 2.21. The number of hydrogen-bond donors (Lipinski definition) is 1. The van der Waals surface area contributed by atoms with E-state index in [4.69, 9.17) is 9.84 Å². The van der Waals surface area contributed by atoms with E-state index >= 15 is 0 Å². The first-order valence-corrected chi connectivity index (χ1v) is 4.04. The number of dihydropyridines is 1. The molecule has 1 N–H and O–H groups in total. The van der Waals surface area contributed by atoms with Crippen LogP contribution in [0, 0.1) is 0 Å². The average Bonchev–Trinajstić information content (AvgIpc) is 2.59. The van der Waals surface area contributed by atoms with Crippen LogP contribution in [0.5, 0.6) is 0 Å². The van der Waals surface area contributed by atoms with Gasteiger partial charge < -0.3 is 9.84 Å². The van der Waals surface area contributed by atoms with Crippen LogP contribution >= 0.6 is 0 Å². The molecule has 72 valence electrons. The van der Waals surface area contributed by atoms with Crippen LogP contribution in [0.2, 0.25) is 0 Å². The lowest BCUT2D eigenvalue weighted by molar-refractivity contribution is -0.129. The van der Waals surface area contributed by atoms with Gasteiger partial charge in [0.1, 0.15) is 11.8 Å². The quantitative estimate of drug-likeness (QED) is 0.653. The van der Waals surface area contributed by atoms with Crippen LogP contribution < -0.4 is 0 Å². The molecule has 2 rings (SSSR count). The van der Waals surface area contributed by atoms with Gasteiger partial charge in [0.15, 0.2) is 0 Å². The molecule has 0 fully saturated rings. The Morgan fingerprint density at radius 1 is 1.64 bits per heavy atom. The second kappa shape index (κ2) is 3.10. The highest BCUT2D eigenvalue weighted by Gasteiger charge is 2.24. The minimum Gasteiger partial charge on any atom is -0.481 e. The van der Waals surface area contributed by atoms with Crippen LogP contribution in [0.15, 0.2) is 33.9 Å². The van der Waals surface area contributed by atoms with Crippen LogP contribution in [0.3, 0.4) is 0 Å². The summed E-state index contributed by atoms with van der Waals surface area (Å²) in [5.74, 6) is -0.566. The molecule has 0 bridgehead atoms. The van der Waals surface area contributed by atoms with Crippen molar-refractivity contribution in [2.45, 2.75) is 6.04 Å². The van der Waals surface area contributed by atoms with Crippen molar-refractivity contribution in [1.29, 1.82) is 0 Å². The summed E-state index contributed by atoms with van der Waals surface area (Å²) in [6.45, 7) is 0. The zero-order valence-corrected chi connectivity index (χ0v) is 7.47. The predicted octanol–water partition coefficient (Wildman–Crippen LogP) is 0.393. The molecule has 0 aromatic carbocycles. The van der Waals surface area contributed by atoms with Crippen molar-refractivity contribution in [2.75, 3.05) is 7.11 Å². The van der Waals surface area contributed by atoms with Crippen molar-refractivity contribution in [2.24, 2.45) is 9.98 Å². The summed E-state index contributed by atoms with van der Waals surface area (Å²) in [7, 11) is 1.51. The molecule has 1 atom stereocenters. The molecule has 5 nitrogen and oxygen atoms in total. The predicted molar refractivity (Wildman–Crippen MR) is 50.5 cm³/mol. The zero-order valence-electron chi connectivity index (χ0n) is 7.47. The SMILES string of the molecule is COC1=NC2=CC(C(=O)O)=N[C@H]2C=C1. The number of ether oxygens (including phenoxy) is 1. The van der Waals surface area contributed by atoms with Crippen LogP contribution in [0.25, 0.3) is 0 Å². The lowest BCUT2D eigenvalue weighted by atomic mass is 10.2. The van der Waals surface area contributed by atoms with Gasteiger partial charge in [-0.15, -0.1) is 0 Å². The van der Waals surface area contributed by atoms with Crippen LogP contribution in [0.4, 0.5) is 0 Å². The Kier molecular flexibility index (Phi) is 1.92. The van der Waals surface area contributed by atoms with Gasteiger partial charge in [0, 0.05) is 0 Å². The van der Waals surface area contributed by atoms with Crippen molar-refractivity contribution < 1.29 is 14.6 Å². The molecule has 2 aliphatic heterocycles. The Morgan fingerprint density at radius 3 is 3.07 bits per heavy atom. The number of rotatable bonds is 1. The van der Waals surface area contributed by atoms with Gasteiger partial charge in [0.2, 0.25) is 5.90 Å². The number of fused-ring (bicyclic) bond motifs is 1. The largest absolute Gasteiger partial charge is 0.481 e. The number of carbonyl (C=O) groups is 1. The summed E-state index contributed by atoms with van der Waals surface area (Å²) < 4.78 is 4.92. The smallest absolute Gasteiger partial charge is 0.354 e. The van der Waals surface area contributed by atoms with Gasteiger partial charge in [0.05, 0.1) is 12.8 Å². The number of nitrogens with zero attached hydrogens (tertiary/aromatic N) is 2. The number of hydrogen-bond acceptors (Lipinski definition) is 4. The van der Waals surface area contributed by atoms with E-state index in [9.17, 15) is 4.79 Å². The molecular weight excluding hydrogens is 184 g/mol. The highest BCUT2D eigenvalue weighted by atomic mass is 16.5. The van der Waals surface area contributed by atoms with Crippen molar-refractivity contribution in [3.05, 3.63) is 23.9 Å². The average molecular weight is 192 g/mol. The molecular formula is C9H8N2O3. The molecule has 0 aromatic rings. The van der Waals surface area contributed by atoms with Gasteiger partial charge >= 0.3 is 5.97 Å². The van der Waals surface area contributed by atoms with Gasteiger partial charge in [-0.1, -0.05) is 0 Å². The summed E-state index contributed by atoms with van der Waals surface area (Å²) in [4.78, 5) is 18.7. The van der Waals surface area contributed by atoms with Gasteiger partial charge in [0.25, 0.3) is 0 Å². The molecule has 14 heavy (non-hydrogen) atoms. The number of aliphatic imine (C=N–C) groups is 2. The summed E-state index contributed by atoms with van der Waals surface area (Å²) in [5.41, 5.74) is 0.650. The summed E-state index contributed by atoms with van der Waals surface area (Å²) in [5, 5.41) is 8.70. The number of methoxy groups -OCH3 is 1. The van der Waals surface area contributed by atoms with E-state index in [0.29, 0.717) is 11.6 Å². The Morgan fingerprint density at radius 2 is 2.43 bits per heavy atom. The highest BCUT2D eigenvalue weighted by molar-refractivity contribution is 6.41. The van der Waals surface area contributed by atoms with Gasteiger partial charge in [-0.3, -0.25) is 4.99 Å². The van der Waals surface area contributed by atoms with Gasteiger partial charge in [-0.05, 0) is 18.2 Å². The van der Waals surface area contributed by atoms with Gasteiger partial charge in [-0.25, -0.2) is 9.79 Å². The third-order valence-corrected chi connectivity index (χ3v) is 1.95. The molecule has 2 aliphatic rings. The normalized spacial score (nSPS) is 23.5. The van der Waals surface area contributed by atoms with Crippen LogP contribution in [0.1, 0.15) is 0 Å². The zero-order chi connectivity index (χ0) is 10.1. The summed E-state index contributed by atoms with van der Waals surface area (Å²) >= 11 is 0. The lowest BCUT2D eigenvalue weighted by Gasteiger charge is -2.09. The second-order valence-corrected chi connectivity index (χ2v) is 2.85. The molecule has 0 radical (unpaired) electrons. The minimum absolute atomic E-state index is 0.0377. The fourth-order valence-corrected chi connectivity index (χ4v) is 1.29. The molecule has 0 unspecified atom stereocenters. The Labute approximate surface area is 80.1 Å². The van der Waals surface area contributed by atoms with E-state index in [-0.39, 0.29) is 11.8 Å². The molecule has 2 heterocycles.